The van der Waals surface area contributed by atoms with E-state index in [1.165, 1.54) is 25.3 Å². The number of amides is 2. The monoisotopic (exact) mass is 736 g/mol. The van der Waals surface area contributed by atoms with Crippen LogP contribution in [-0.2, 0) is 42.7 Å². The van der Waals surface area contributed by atoms with Gasteiger partial charge in [0, 0.05) is 23.2 Å². The molecule has 0 fully saturated rings. The first-order valence-electron chi connectivity index (χ1n) is 18.2. The van der Waals surface area contributed by atoms with Crippen LogP contribution < -0.4 is 10.6 Å². The number of aryl methyl sites for hydroxylation is 1. The summed E-state index contributed by atoms with van der Waals surface area (Å²) in [6.07, 6.45) is 1.24. The number of esters is 2. The predicted molar refractivity (Wildman–Crippen MR) is 213 cm³/mol. The van der Waals surface area contributed by atoms with E-state index in [0.717, 1.165) is 16.7 Å². The lowest BCUT2D eigenvalue weighted by Gasteiger charge is -2.20. The molecule has 4 rings (SSSR count). The number of hydrogen-bond acceptors (Lipinski definition) is 7. The smallest absolute Gasteiger partial charge is 0.307 e. The summed E-state index contributed by atoms with van der Waals surface area (Å²) in [5.41, 5.74) is 6.65. The number of carbonyl (C=O) groups excluding carboxylic acids is 4. The molecule has 9 heteroatoms. The Bertz CT molecular complexity index is 1680. The second kappa shape index (κ2) is 19.6. The normalized spacial score (nSPS) is 12.3. The fourth-order valence-corrected chi connectivity index (χ4v) is 5.62. The minimum Gasteiger partial charge on any atom is -0.508 e. The van der Waals surface area contributed by atoms with E-state index in [0.29, 0.717) is 24.0 Å². The molecule has 0 aliphatic rings. The van der Waals surface area contributed by atoms with Gasteiger partial charge in [-0.1, -0.05) is 108 Å². The Hall–Kier alpha value is -5.44. The lowest BCUT2D eigenvalue weighted by Crippen LogP contribution is -2.38. The molecule has 0 aromatic heterocycles. The molecule has 4 aromatic carbocycles. The third kappa shape index (κ3) is 14.2. The number of aromatic hydroxyl groups is 1. The molecule has 0 heterocycles. The molecule has 2 atom stereocenters. The molecule has 0 radical (unpaired) electrons. The fraction of sp³-hybridized carbons (Fsp3) is 0.378. The van der Waals surface area contributed by atoms with E-state index < -0.39 is 6.04 Å². The average Bonchev–Trinajstić information content (AvgIpc) is 3.13. The zero-order valence-corrected chi connectivity index (χ0v) is 33.1. The minimum atomic E-state index is -0.406. The van der Waals surface area contributed by atoms with Gasteiger partial charge in [-0.2, -0.15) is 0 Å². The van der Waals surface area contributed by atoms with Crippen molar-refractivity contribution in [3.63, 3.8) is 0 Å². The fourth-order valence-electron chi connectivity index (χ4n) is 5.62. The van der Waals surface area contributed by atoms with Gasteiger partial charge in [0.2, 0.25) is 0 Å². The van der Waals surface area contributed by atoms with Crippen LogP contribution in [0, 0.1) is 6.92 Å². The molecule has 3 N–H and O–H groups in total. The van der Waals surface area contributed by atoms with E-state index in [1.807, 2.05) is 67.6 Å². The van der Waals surface area contributed by atoms with Crippen LogP contribution >= 0.6 is 0 Å². The summed E-state index contributed by atoms with van der Waals surface area (Å²) < 4.78 is 9.54. The van der Waals surface area contributed by atoms with Crippen molar-refractivity contribution >= 4 is 23.8 Å². The summed E-state index contributed by atoms with van der Waals surface area (Å²) in [6, 6.07) is 29.2. The van der Waals surface area contributed by atoms with Gasteiger partial charge in [0.25, 0.3) is 11.8 Å². The molecule has 0 aliphatic heterocycles. The minimum absolute atomic E-state index is 0.0152. The van der Waals surface area contributed by atoms with Crippen LogP contribution in [0.5, 0.6) is 5.75 Å². The van der Waals surface area contributed by atoms with Crippen molar-refractivity contribution in [2.45, 2.75) is 97.1 Å². The van der Waals surface area contributed by atoms with Crippen LogP contribution in [0.15, 0.2) is 97.1 Å². The second-order valence-corrected chi connectivity index (χ2v) is 15.6. The topological polar surface area (TPSA) is 131 Å². The predicted octanol–water partition coefficient (Wildman–Crippen LogP) is 7.79. The first-order chi connectivity index (χ1) is 25.4. The quantitative estimate of drug-likeness (QED) is 0.127. The Kier molecular flexibility index (Phi) is 15.6. The number of benzene rings is 4. The van der Waals surface area contributed by atoms with Gasteiger partial charge < -0.3 is 25.2 Å². The van der Waals surface area contributed by atoms with Crippen LogP contribution in [0.1, 0.15) is 103 Å². The summed E-state index contributed by atoms with van der Waals surface area (Å²) in [5, 5.41) is 15.3. The molecule has 0 saturated heterocycles. The molecule has 0 bridgehead atoms. The standard InChI is InChI=1S/C23H29NO3.C22H27NO4/c1-16-6-8-17(9-7-16)14-20(15-21(25)27-5)24-22(26)18-10-12-19(13-11-18)23(2,3)4;1-22(2,3)17-9-7-16(8-10-17)21(26)23-18(14-20(25)27-4)13-15-5-11-19(24)12-6-15/h6-13,20H,14-15H2,1-5H3,(H,24,26);5-12,18,24H,13-14H2,1-4H3,(H,23,26)/t20-;18-/m00/s1. The molecule has 0 spiro atoms. The van der Waals surface area contributed by atoms with Gasteiger partial charge in [-0.05, 0) is 89.2 Å². The van der Waals surface area contributed by atoms with Crippen molar-refractivity contribution in [3.05, 3.63) is 136 Å². The number of phenolic OH excluding ortho intramolecular Hbond substituents is 1. The summed E-state index contributed by atoms with van der Waals surface area (Å²) in [7, 11) is 2.69. The molecular weight excluding hydrogens is 681 g/mol. The van der Waals surface area contributed by atoms with E-state index in [2.05, 4.69) is 52.2 Å². The Morgan fingerprint density at radius 1 is 0.556 bits per heavy atom. The van der Waals surface area contributed by atoms with Crippen molar-refractivity contribution in [3.8, 4) is 5.75 Å². The molecule has 4 aromatic rings. The van der Waals surface area contributed by atoms with Crippen LogP contribution in [0.3, 0.4) is 0 Å². The number of phenols is 1. The SMILES string of the molecule is COC(=O)C[C@H](Cc1ccc(C)cc1)NC(=O)c1ccc(C(C)(C)C)cc1.COC(=O)C[C@H](Cc1ccc(O)cc1)NC(=O)c1ccc(C(C)(C)C)cc1. The summed E-state index contributed by atoms with van der Waals surface area (Å²) in [5.74, 6) is -0.969. The molecule has 9 nitrogen and oxygen atoms in total. The van der Waals surface area contributed by atoms with Gasteiger partial charge in [-0.15, -0.1) is 0 Å². The van der Waals surface area contributed by atoms with E-state index in [9.17, 15) is 24.3 Å². The Balaban J connectivity index is 0.000000290. The lowest BCUT2D eigenvalue weighted by atomic mass is 9.86. The second-order valence-electron chi connectivity index (χ2n) is 15.6. The summed E-state index contributed by atoms with van der Waals surface area (Å²) in [6.45, 7) is 14.8. The Morgan fingerprint density at radius 2 is 0.889 bits per heavy atom. The molecule has 288 valence electrons. The maximum Gasteiger partial charge on any atom is 0.307 e. The summed E-state index contributed by atoms with van der Waals surface area (Å²) in [4.78, 5) is 48.8. The maximum atomic E-state index is 12.7. The van der Waals surface area contributed by atoms with E-state index >= 15 is 0 Å². The zero-order chi connectivity index (χ0) is 40.1. The van der Waals surface area contributed by atoms with Crippen LogP contribution in [0.25, 0.3) is 0 Å². The third-order valence-corrected chi connectivity index (χ3v) is 9.00. The highest BCUT2D eigenvalue weighted by molar-refractivity contribution is 5.95. The van der Waals surface area contributed by atoms with Crippen molar-refractivity contribution in [1.29, 1.82) is 0 Å². The van der Waals surface area contributed by atoms with E-state index in [-0.39, 0.29) is 59.2 Å². The van der Waals surface area contributed by atoms with E-state index in [4.69, 9.17) is 9.47 Å². The Labute approximate surface area is 320 Å². The number of carbonyl (C=O) groups is 4. The van der Waals surface area contributed by atoms with Gasteiger partial charge in [0.15, 0.2) is 0 Å². The largest absolute Gasteiger partial charge is 0.508 e. The Morgan fingerprint density at radius 3 is 1.20 bits per heavy atom. The van der Waals surface area contributed by atoms with Gasteiger partial charge in [0.1, 0.15) is 5.75 Å². The molecule has 0 saturated carbocycles. The van der Waals surface area contributed by atoms with Gasteiger partial charge in [-0.3, -0.25) is 19.2 Å². The van der Waals surface area contributed by atoms with Crippen molar-refractivity contribution in [1.82, 2.24) is 10.6 Å². The third-order valence-electron chi connectivity index (χ3n) is 9.00. The number of ether oxygens (including phenoxy) is 2. The van der Waals surface area contributed by atoms with Crippen LogP contribution in [-0.4, -0.2) is 55.2 Å². The number of methoxy groups -OCH3 is 2. The maximum absolute atomic E-state index is 12.7. The average molecular weight is 737 g/mol. The highest BCUT2D eigenvalue weighted by Crippen LogP contribution is 2.23. The first kappa shape index (κ1) is 43.0. The summed E-state index contributed by atoms with van der Waals surface area (Å²) >= 11 is 0. The lowest BCUT2D eigenvalue weighted by molar-refractivity contribution is -0.142. The van der Waals surface area contributed by atoms with Crippen molar-refractivity contribution < 1.29 is 33.8 Å². The molecule has 0 aliphatic carbocycles. The highest BCUT2D eigenvalue weighted by Gasteiger charge is 2.21. The van der Waals surface area contributed by atoms with Crippen molar-refractivity contribution in [2.75, 3.05) is 14.2 Å². The van der Waals surface area contributed by atoms with Crippen LogP contribution in [0.2, 0.25) is 0 Å². The van der Waals surface area contributed by atoms with Gasteiger partial charge in [0.05, 0.1) is 27.1 Å². The van der Waals surface area contributed by atoms with Crippen molar-refractivity contribution in [2.24, 2.45) is 0 Å². The van der Waals surface area contributed by atoms with Gasteiger partial charge >= 0.3 is 11.9 Å². The zero-order valence-electron chi connectivity index (χ0n) is 33.1. The molecular formula is C45H56N2O7. The van der Waals surface area contributed by atoms with Crippen LogP contribution in [0.4, 0.5) is 0 Å². The number of hydrogen-bond donors (Lipinski definition) is 3. The number of rotatable bonds is 12. The van der Waals surface area contributed by atoms with Gasteiger partial charge in [-0.25, -0.2) is 0 Å². The first-order valence-corrected chi connectivity index (χ1v) is 18.2. The highest BCUT2D eigenvalue weighted by atomic mass is 16.5. The molecule has 54 heavy (non-hydrogen) atoms. The van der Waals surface area contributed by atoms with E-state index in [1.54, 1.807) is 36.4 Å². The molecule has 2 amide bonds. The number of nitrogens with one attached hydrogen (secondary N) is 2. The molecule has 0 unspecified atom stereocenters.